The molecule has 1 fully saturated rings. The number of hydrogen-bond acceptors (Lipinski definition) is 4. The predicted molar refractivity (Wildman–Crippen MR) is 90.2 cm³/mol. The van der Waals surface area contributed by atoms with E-state index in [2.05, 4.69) is 16.7 Å². The summed E-state index contributed by atoms with van der Waals surface area (Å²) in [5.41, 5.74) is 1.24. The van der Waals surface area contributed by atoms with Crippen LogP contribution in [-0.4, -0.2) is 23.8 Å². The first-order valence-corrected chi connectivity index (χ1v) is 8.12. The first-order chi connectivity index (χ1) is 10.9. The fourth-order valence-corrected chi connectivity index (χ4v) is 2.73. The van der Waals surface area contributed by atoms with Gasteiger partial charge in [-0.1, -0.05) is 0 Å². The Balaban J connectivity index is 1.75. The number of carbonyl (C=O) groups excluding carboxylic acids is 1. The lowest BCUT2D eigenvalue weighted by molar-refractivity contribution is 0.0492. The Hall–Kier alpha value is -2.22. The van der Waals surface area contributed by atoms with Crippen LogP contribution in [0.5, 0.6) is 0 Å². The molecule has 0 aliphatic heterocycles. The van der Waals surface area contributed by atoms with Gasteiger partial charge in [0.1, 0.15) is 5.60 Å². The number of benzene rings is 1. The highest BCUT2D eigenvalue weighted by Gasteiger charge is 2.24. The molecule has 23 heavy (non-hydrogen) atoms. The number of nitriles is 1. The molecule has 2 N–H and O–H groups in total. The second kappa shape index (κ2) is 7.36. The van der Waals surface area contributed by atoms with Crippen molar-refractivity contribution in [2.45, 2.75) is 64.1 Å². The van der Waals surface area contributed by atoms with Gasteiger partial charge >= 0.3 is 6.09 Å². The molecule has 0 radical (unpaired) electrons. The highest BCUT2D eigenvalue weighted by molar-refractivity contribution is 5.68. The van der Waals surface area contributed by atoms with Gasteiger partial charge in [0.05, 0.1) is 11.6 Å². The molecule has 0 saturated heterocycles. The number of alkyl carbamates (subject to hydrolysis) is 1. The summed E-state index contributed by atoms with van der Waals surface area (Å²) in [7, 11) is 0. The Morgan fingerprint density at radius 2 is 1.70 bits per heavy atom. The molecule has 0 bridgehead atoms. The molecule has 124 valence electrons. The third-order valence-corrected chi connectivity index (χ3v) is 3.83. The topological polar surface area (TPSA) is 74.2 Å². The Bertz CT molecular complexity index is 561. The van der Waals surface area contributed by atoms with Crippen molar-refractivity contribution in [1.29, 1.82) is 5.26 Å². The summed E-state index contributed by atoms with van der Waals surface area (Å²) >= 11 is 0. The van der Waals surface area contributed by atoms with Gasteiger partial charge in [-0.15, -0.1) is 0 Å². The van der Waals surface area contributed by atoms with Gasteiger partial charge in [-0.3, -0.25) is 0 Å². The lowest BCUT2D eigenvalue weighted by Gasteiger charge is -2.31. The average Bonchev–Trinajstić information content (AvgIpc) is 2.48. The zero-order chi connectivity index (χ0) is 16.9. The largest absolute Gasteiger partial charge is 0.444 e. The molecule has 5 heteroatoms. The quantitative estimate of drug-likeness (QED) is 0.889. The van der Waals surface area contributed by atoms with Gasteiger partial charge in [0.15, 0.2) is 0 Å². The smallest absolute Gasteiger partial charge is 0.407 e. The van der Waals surface area contributed by atoms with Crippen molar-refractivity contribution in [3.63, 3.8) is 0 Å². The third kappa shape index (κ3) is 5.82. The minimum Gasteiger partial charge on any atom is -0.444 e. The molecule has 1 aliphatic carbocycles. The van der Waals surface area contributed by atoms with Crippen molar-refractivity contribution < 1.29 is 9.53 Å². The van der Waals surface area contributed by atoms with Crippen molar-refractivity contribution in [3.05, 3.63) is 29.8 Å². The Kier molecular flexibility index (Phi) is 5.49. The molecular formula is C18H25N3O2. The van der Waals surface area contributed by atoms with Crippen LogP contribution in [0.1, 0.15) is 52.0 Å². The third-order valence-electron chi connectivity index (χ3n) is 3.83. The van der Waals surface area contributed by atoms with Gasteiger partial charge in [0, 0.05) is 17.8 Å². The molecule has 0 heterocycles. The lowest BCUT2D eigenvalue weighted by Crippen LogP contribution is -2.42. The van der Waals surface area contributed by atoms with Crippen LogP contribution >= 0.6 is 0 Å². The Labute approximate surface area is 138 Å². The molecule has 0 atom stereocenters. The van der Waals surface area contributed by atoms with E-state index < -0.39 is 5.60 Å². The highest BCUT2D eigenvalue weighted by Crippen LogP contribution is 2.23. The first kappa shape index (κ1) is 17.1. The van der Waals surface area contributed by atoms with Crippen LogP contribution in [0.15, 0.2) is 24.3 Å². The molecule has 1 saturated carbocycles. The maximum Gasteiger partial charge on any atom is 0.407 e. The summed E-state index contributed by atoms with van der Waals surface area (Å²) in [5.74, 6) is 0. The fourth-order valence-electron chi connectivity index (χ4n) is 2.73. The number of rotatable bonds is 3. The molecule has 1 aromatic carbocycles. The molecule has 1 aliphatic rings. The van der Waals surface area contributed by atoms with Gasteiger partial charge in [0.2, 0.25) is 0 Å². The van der Waals surface area contributed by atoms with Gasteiger partial charge in [-0.05, 0) is 70.7 Å². The standard InChI is InChI=1S/C18H25N3O2/c1-18(2,3)23-17(22)21-16-10-8-15(9-11-16)20-14-6-4-13(12-19)5-7-14/h4-7,15-16,20H,8-11H2,1-3H3,(H,21,22). The van der Waals surface area contributed by atoms with E-state index in [-0.39, 0.29) is 12.1 Å². The second-order valence-electron chi connectivity index (χ2n) is 7.03. The normalized spacial score (nSPS) is 21.1. The molecule has 5 nitrogen and oxygen atoms in total. The number of amides is 1. The molecule has 1 amide bonds. The Morgan fingerprint density at radius 1 is 1.13 bits per heavy atom. The van der Waals surface area contributed by atoms with Gasteiger partial charge in [-0.25, -0.2) is 4.79 Å². The summed E-state index contributed by atoms with van der Waals surface area (Å²) in [5, 5.41) is 15.2. The number of ether oxygens (including phenoxy) is 1. The van der Waals surface area contributed by atoms with Crippen LogP contribution in [0.2, 0.25) is 0 Å². The first-order valence-electron chi connectivity index (χ1n) is 8.12. The maximum absolute atomic E-state index is 11.8. The lowest BCUT2D eigenvalue weighted by atomic mass is 9.91. The minimum atomic E-state index is -0.460. The average molecular weight is 315 g/mol. The van der Waals surface area contributed by atoms with Gasteiger partial charge in [0.25, 0.3) is 0 Å². The zero-order valence-corrected chi connectivity index (χ0v) is 14.1. The summed E-state index contributed by atoms with van der Waals surface area (Å²) < 4.78 is 5.29. The number of carbonyl (C=O) groups is 1. The summed E-state index contributed by atoms with van der Waals surface area (Å²) in [6, 6.07) is 10.2. The summed E-state index contributed by atoms with van der Waals surface area (Å²) in [4.78, 5) is 11.8. The van der Waals surface area contributed by atoms with E-state index >= 15 is 0 Å². The van der Waals surface area contributed by atoms with Crippen LogP contribution < -0.4 is 10.6 Å². The zero-order valence-electron chi connectivity index (χ0n) is 14.1. The number of hydrogen-bond donors (Lipinski definition) is 2. The van der Waals surface area contributed by atoms with Crippen molar-refractivity contribution in [2.24, 2.45) is 0 Å². The van der Waals surface area contributed by atoms with E-state index in [0.717, 1.165) is 31.4 Å². The fraction of sp³-hybridized carbons (Fsp3) is 0.556. The van der Waals surface area contributed by atoms with Crippen molar-refractivity contribution in [1.82, 2.24) is 5.32 Å². The molecule has 0 aromatic heterocycles. The molecule has 0 spiro atoms. The molecular weight excluding hydrogens is 290 g/mol. The maximum atomic E-state index is 11.8. The number of nitrogens with one attached hydrogen (secondary N) is 2. The van der Waals surface area contributed by atoms with Crippen molar-refractivity contribution in [3.8, 4) is 6.07 Å². The van der Waals surface area contributed by atoms with Crippen LogP contribution in [-0.2, 0) is 4.74 Å². The number of anilines is 1. The molecule has 1 aromatic rings. The Morgan fingerprint density at radius 3 is 2.22 bits per heavy atom. The van der Waals surface area contributed by atoms with E-state index in [1.165, 1.54) is 0 Å². The van der Waals surface area contributed by atoms with E-state index in [4.69, 9.17) is 10.00 Å². The molecule has 2 rings (SSSR count). The summed E-state index contributed by atoms with van der Waals surface area (Å²) in [6.07, 6.45) is 3.54. The molecule has 0 unspecified atom stereocenters. The van der Waals surface area contributed by atoms with Crippen molar-refractivity contribution in [2.75, 3.05) is 5.32 Å². The van der Waals surface area contributed by atoms with Gasteiger partial charge < -0.3 is 15.4 Å². The van der Waals surface area contributed by atoms with Gasteiger partial charge in [-0.2, -0.15) is 5.26 Å². The van der Waals surface area contributed by atoms with Crippen LogP contribution in [0.25, 0.3) is 0 Å². The second-order valence-corrected chi connectivity index (χ2v) is 7.03. The van der Waals surface area contributed by atoms with E-state index in [9.17, 15) is 4.79 Å². The van der Waals surface area contributed by atoms with Crippen LogP contribution in [0.3, 0.4) is 0 Å². The van der Waals surface area contributed by atoms with E-state index in [0.29, 0.717) is 11.6 Å². The monoisotopic (exact) mass is 315 g/mol. The van der Waals surface area contributed by atoms with E-state index in [1.54, 1.807) is 0 Å². The SMILES string of the molecule is CC(C)(C)OC(=O)NC1CCC(Nc2ccc(C#N)cc2)CC1. The van der Waals surface area contributed by atoms with Crippen LogP contribution in [0.4, 0.5) is 10.5 Å². The van der Waals surface area contributed by atoms with Crippen LogP contribution in [0, 0.1) is 11.3 Å². The minimum absolute atomic E-state index is 0.184. The highest BCUT2D eigenvalue weighted by atomic mass is 16.6. The predicted octanol–water partition coefficient (Wildman–Crippen LogP) is 3.81. The van der Waals surface area contributed by atoms with Crippen molar-refractivity contribution >= 4 is 11.8 Å². The summed E-state index contributed by atoms with van der Waals surface area (Å²) in [6.45, 7) is 5.60. The number of nitrogens with zero attached hydrogens (tertiary/aromatic N) is 1. The van der Waals surface area contributed by atoms with E-state index in [1.807, 2.05) is 45.0 Å².